The van der Waals surface area contributed by atoms with E-state index in [1.807, 2.05) is 6.92 Å². The number of rotatable bonds is 4. The molecule has 1 fully saturated rings. The van der Waals surface area contributed by atoms with E-state index in [2.05, 4.69) is 5.32 Å². The first-order chi connectivity index (χ1) is 10.1. The molecule has 0 saturated carbocycles. The van der Waals surface area contributed by atoms with Crippen molar-refractivity contribution in [2.24, 2.45) is 0 Å². The van der Waals surface area contributed by atoms with E-state index in [9.17, 15) is 13.6 Å². The van der Waals surface area contributed by atoms with E-state index in [4.69, 9.17) is 4.74 Å². The average Bonchev–Trinajstić information content (AvgIpc) is 2.47. The second-order valence-electron chi connectivity index (χ2n) is 5.04. The Labute approximate surface area is 123 Å². The number of hydrogen-bond acceptors (Lipinski definition) is 3. The third kappa shape index (κ3) is 3.50. The van der Waals surface area contributed by atoms with Gasteiger partial charge in [-0.3, -0.25) is 4.79 Å². The number of benzene rings is 1. The van der Waals surface area contributed by atoms with Gasteiger partial charge in [-0.05, 0) is 31.9 Å². The third-order valence-corrected chi connectivity index (χ3v) is 3.61. The predicted molar refractivity (Wildman–Crippen MR) is 76.5 cm³/mol. The summed E-state index contributed by atoms with van der Waals surface area (Å²) in [5, 5.41) is 2.44. The number of halogens is 2. The molecule has 0 bridgehead atoms. The van der Waals surface area contributed by atoms with Crippen LogP contribution >= 0.6 is 0 Å². The Morgan fingerprint density at radius 1 is 1.43 bits per heavy atom. The lowest BCUT2D eigenvalue weighted by atomic mass is 10.1. The fourth-order valence-corrected chi connectivity index (χ4v) is 2.61. The van der Waals surface area contributed by atoms with Gasteiger partial charge in [-0.1, -0.05) is 0 Å². The summed E-state index contributed by atoms with van der Waals surface area (Å²) < 4.78 is 33.0. The second kappa shape index (κ2) is 6.85. The van der Waals surface area contributed by atoms with E-state index in [-0.39, 0.29) is 23.3 Å². The van der Waals surface area contributed by atoms with Gasteiger partial charge in [0.25, 0.3) is 5.91 Å². The molecule has 1 aromatic carbocycles. The highest BCUT2D eigenvalue weighted by Crippen LogP contribution is 2.22. The van der Waals surface area contributed by atoms with Gasteiger partial charge in [-0.2, -0.15) is 0 Å². The van der Waals surface area contributed by atoms with Crippen molar-refractivity contribution in [3.8, 4) is 0 Å². The molecule has 1 aliphatic rings. The van der Waals surface area contributed by atoms with Crippen LogP contribution in [0.2, 0.25) is 0 Å². The molecule has 1 aromatic rings. The highest BCUT2D eigenvalue weighted by molar-refractivity contribution is 5.94. The Balaban J connectivity index is 2.16. The summed E-state index contributed by atoms with van der Waals surface area (Å²) in [6.07, 6.45) is 1.73. The summed E-state index contributed by atoms with van der Waals surface area (Å²) >= 11 is 0. The van der Waals surface area contributed by atoms with Crippen molar-refractivity contribution in [2.75, 3.05) is 32.1 Å². The largest absolute Gasteiger partial charge is 0.383 e. The van der Waals surface area contributed by atoms with Crippen molar-refractivity contribution in [3.63, 3.8) is 0 Å². The van der Waals surface area contributed by atoms with Crippen LogP contribution in [0.5, 0.6) is 0 Å². The van der Waals surface area contributed by atoms with Crippen LogP contribution in [0.3, 0.4) is 0 Å². The van der Waals surface area contributed by atoms with Gasteiger partial charge >= 0.3 is 0 Å². The number of carbonyl (C=O) groups excluding carboxylic acids is 1. The highest BCUT2D eigenvalue weighted by Gasteiger charge is 2.26. The Bertz CT molecular complexity index is 497. The molecule has 1 aliphatic heterocycles. The molecule has 1 N–H and O–H groups in total. The molecule has 116 valence electrons. The lowest BCUT2D eigenvalue weighted by Gasteiger charge is -2.32. The third-order valence-electron chi connectivity index (χ3n) is 3.61. The van der Waals surface area contributed by atoms with Crippen LogP contribution in [0.25, 0.3) is 0 Å². The van der Waals surface area contributed by atoms with E-state index in [1.165, 1.54) is 7.05 Å². The zero-order valence-corrected chi connectivity index (χ0v) is 12.3. The molecule has 0 aromatic heterocycles. The van der Waals surface area contributed by atoms with Crippen LogP contribution in [0.4, 0.5) is 14.5 Å². The Kier molecular flexibility index (Phi) is 5.12. The Morgan fingerprint density at radius 3 is 2.67 bits per heavy atom. The van der Waals surface area contributed by atoms with Gasteiger partial charge in [0.15, 0.2) is 0 Å². The number of anilines is 1. The second-order valence-corrected chi connectivity index (χ2v) is 5.04. The maximum atomic E-state index is 13.7. The van der Waals surface area contributed by atoms with Gasteiger partial charge in [0.05, 0.1) is 6.10 Å². The topological polar surface area (TPSA) is 41.6 Å². The van der Waals surface area contributed by atoms with Crippen molar-refractivity contribution >= 4 is 11.6 Å². The van der Waals surface area contributed by atoms with Crippen LogP contribution in [-0.4, -0.2) is 43.7 Å². The van der Waals surface area contributed by atoms with Crippen LogP contribution < -0.4 is 5.32 Å². The monoisotopic (exact) mass is 298 g/mol. The van der Waals surface area contributed by atoms with Crippen molar-refractivity contribution in [2.45, 2.75) is 25.9 Å². The van der Waals surface area contributed by atoms with E-state index >= 15 is 0 Å². The van der Waals surface area contributed by atoms with E-state index in [0.717, 1.165) is 25.0 Å². The minimum atomic E-state index is -0.765. The summed E-state index contributed by atoms with van der Waals surface area (Å²) in [5.74, 6) is -1.89. The van der Waals surface area contributed by atoms with Crippen LogP contribution in [0.15, 0.2) is 12.1 Å². The standard InChI is InChI=1S/C15H20F2N2O2/c1-3-21-11-5-4-6-19(9-11)15(20)10-7-12(16)14(18-2)13(17)8-10/h7-8,11,18H,3-6,9H2,1-2H3. The summed E-state index contributed by atoms with van der Waals surface area (Å²) in [6, 6.07) is 2.14. The Hall–Kier alpha value is -1.69. The normalized spacial score (nSPS) is 18.7. The molecule has 0 radical (unpaired) electrons. The number of piperidine rings is 1. The highest BCUT2D eigenvalue weighted by atomic mass is 19.1. The number of carbonyl (C=O) groups is 1. The molecule has 2 rings (SSSR count). The lowest BCUT2D eigenvalue weighted by Crippen LogP contribution is -2.43. The molecule has 1 unspecified atom stereocenters. The molecule has 4 nitrogen and oxygen atoms in total. The molecule has 21 heavy (non-hydrogen) atoms. The molecule has 0 spiro atoms. The van der Waals surface area contributed by atoms with Gasteiger partial charge in [-0.15, -0.1) is 0 Å². The molecule has 1 atom stereocenters. The molecular weight excluding hydrogens is 278 g/mol. The van der Waals surface area contributed by atoms with Crippen molar-refractivity contribution in [3.05, 3.63) is 29.3 Å². The van der Waals surface area contributed by atoms with Gasteiger partial charge in [0, 0.05) is 32.3 Å². The van der Waals surface area contributed by atoms with Crippen molar-refractivity contribution in [1.82, 2.24) is 4.90 Å². The average molecular weight is 298 g/mol. The number of nitrogens with one attached hydrogen (secondary N) is 1. The molecule has 1 heterocycles. The van der Waals surface area contributed by atoms with Gasteiger partial charge in [0.2, 0.25) is 0 Å². The number of amides is 1. The number of ether oxygens (including phenoxy) is 1. The zero-order valence-electron chi connectivity index (χ0n) is 12.3. The number of likely N-dealkylation sites (tertiary alicyclic amines) is 1. The summed E-state index contributed by atoms with van der Waals surface area (Å²) in [7, 11) is 1.43. The lowest BCUT2D eigenvalue weighted by molar-refractivity contribution is 0.00722. The first kappa shape index (κ1) is 15.7. The van der Waals surface area contributed by atoms with Gasteiger partial charge in [0.1, 0.15) is 17.3 Å². The molecule has 1 saturated heterocycles. The summed E-state index contributed by atoms with van der Waals surface area (Å²) in [4.78, 5) is 14.0. The maximum absolute atomic E-state index is 13.7. The quantitative estimate of drug-likeness (QED) is 0.929. The van der Waals surface area contributed by atoms with Gasteiger partial charge < -0.3 is 15.0 Å². The van der Waals surface area contributed by atoms with Crippen LogP contribution in [-0.2, 0) is 4.74 Å². The fourth-order valence-electron chi connectivity index (χ4n) is 2.61. The van der Waals surface area contributed by atoms with Gasteiger partial charge in [-0.25, -0.2) is 8.78 Å². The van der Waals surface area contributed by atoms with Crippen molar-refractivity contribution in [1.29, 1.82) is 0 Å². The number of nitrogens with zero attached hydrogens (tertiary/aromatic N) is 1. The summed E-state index contributed by atoms with van der Waals surface area (Å²) in [5.41, 5.74) is -0.196. The molecule has 6 heteroatoms. The number of hydrogen-bond donors (Lipinski definition) is 1. The van der Waals surface area contributed by atoms with Crippen LogP contribution in [0.1, 0.15) is 30.1 Å². The summed E-state index contributed by atoms with van der Waals surface area (Å²) in [6.45, 7) is 3.54. The SMILES string of the molecule is CCOC1CCCN(C(=O)c2cc(F)c(NC)c(F)c2)C1. The molecule has 0 aliphatic carbocycles. The van der Waals surface area contributed by atoms with Crippen LogP contribution in [0, 0.1) is 11.6 Å². The minimum absolute atomic E-state index is 0.000949. The predicted octanol–water partition coefficient (Wildman–Crippen LogP) is 2.65. The minimum Gasteiger partial charge on any atom is -0.383 e. The molecule has 1 amide bonds. The van der Waals surface area contributed by atoms with E-state index in [0.29, 0.717) is 19.7 Å². The Morgan fingerprint density at radius 2 is 2.10 bits per heavy atom. The first-order valence-corrected chi connectivity index (χ1v) is 7.14. The van der Waals surface area contributed by atoms with E-state index < -0.39 is 11.6 Å². The van der Waals surface area contributed by atoms with Crippen molar-refractivity contribution < 1.29 is 18.3 Å². The van der Waals surface area contributed by atoms with E-state index in [1.54, 1.807) is 4.90 Å². The maximum Gasteiger partial charge on any atom is 0.254 e. The zero-order chi connectivity index (χ0) is 15.4. The fraction of sp³-hybridized carbons (Fsp3) is 0.533. The first-order valence-electron chi connectivity index (χ1n) is 7.14. The smallest absolute Gasteiger partial charge is 0.254 e. The molecular formula is C15H20F2N2O2.